The second kappa shape index (κ2) is 6.63. The van der Waals surface area contributed by atoms with Crippen molar-refractivity contribution in [2.75, 3.05) is 42.9 Å². The van der Waals surface area contributed by atoms with Gasteiger partial charge in [0.15, 0.2) is 6.10 Å². The molecule has 1 unspecified atom stereocenters. The number of rotatable bonds is 2. The Bertz CT molecular complexity index is 758. The number of halogens is 1. The molecule has 2 aromatic carbocycles. The van der Waals surface area contributed by atoms with Gasteiger partial charge >= 0.3 is 0 Å². The first-order chi connectivity index (χ1) is 12.2. The largest absolute Gasteiger partial charge is 0.477 e. The Morgan fingerprint density at radius 1 is 1.04 bits per heavy atom. The first-order valence-electron chi connectivity index (χ1n) is 8.49. The molecule has 0 radical (unpaired) electrons. The highest BCUT2D eigenvalue weighted by Gasteiger charge is 2.31. The number of piperazine rings is 1. The van der Waals surface area contributed by atoms with Gasteiger partial charge < -0.3 is 19.9 Å². The fraction of sp³-hybridized carbons (Fsp3) is 0.316. The van der Waals surface area contributed by atoms with Crippen molar-refractivity contribution < 1.29 is 13.9 Å². The zero-order chi connectivity index (χ0) is 17.2. The minimum atomic E-state index is -0.493. The molecule has 130 valence electrons. The Hall–Kier alpha value is -2.76. The summed E-state index contributed by atoms with van der Waals surface area (Å²) in [7, 11) is 0. The van der Waals surface area contributed by atoms with Gasteiger partial charge in [-0.05, 0) is 36.4 Å². The van der Waals surface area contributed by atoms with Gasteiger partial charge in [0.1, 0.15) is 11.6 Å². The normalized spacial score (nSPS) is 19.6. The van der Waals surface area contributed by atoms with Gasteiger partial charge in [0.25, 0.3) is 5.91 Å². The van der Waals surface area contributed by atoms with Crippen LogP contribution < -0.4 is 15.0 Å². The zero-order valence-electron chi connectivity index (χ0n) is 13.8. The number of carbonyl (C=O) groups excluding carboxylic acids is 1. The van der Waals surface area contributed by atoms with Crippen molar-refractivity contribution in [2.45, 2.75) is 6.10 Å². The van der Waals surface area contributed by atoms with E-state index in [0.717, 1.165) is 30.2 Å². The van der Waals surface area contributed by atoms with Crippen LogP contribution >= 0.6 is 0 Å². The smallest absolute Gasteiger partial charge is 0.265 e. The molecule has 25 heavy (non-hydrogen) atoms. The highest BCUT2D eigenvalue weighted by molar-refractivity contribution is 5.83. The molecule has 2 heterocycles. The van der Waals surface area contributed by atoms with Crippen LogP contribution in [0.25, 0.3) is 0 Å². The summed E-state index contributed by atoms with van der Waals surface area (Å²) in [6, 6.07) is 14.1. The van der Waals surface area contributed by atoms with Gasteiger partial charge in [-0.2, -0.15) is 0 Å². The molecule has 6 heteroatoms. The third-order valence-corrected chi connectivity index (χ3v) is 4.69. The molecule has 0 aliphatic carbocycles. The van der Waals surface area contributed by atoms with E-state index >= 15 is 0 Å². The van der Waals surface area contributed by atoms with E-state index in [9.17, 15) is 9.18 Å². The molecule has 2 aliphatic rings. The number of carbonyl (C=O) groups is 1. The summed E-state index contributed by atoms with van der Waals surface area (Å²) in [4.78, 5) is 16.8. The second-order valence-corrected chi connectivity index (χ2v) is 6.27. The van der Waals surface area contributed by atoms with Crippen LogP contribution in [0.3, 0.4) is 0 Å². The molecule has 0 bridgehead atoms. The molecule has 1 N–H and O–H groups in total. The van der Waals surface area contributed by atoms with Crippen LogP contribution in [-0.2, 0) is 4.79 Å². The second-order valence-electron chi connectivity index (χ2n) is 6.27. The number of hydrogen-bond acceptors (Lipinski definition) is 4. The van der Waals surface area contributed by atoms with E-state index in [1.165, 1.54) is 12.1 Å². The standard InChI is InChI=1S/C19H20FN3O2/c20-14-5-7-15(8-6-14)22-9-11-23(12-10-22)19(24)18-13-21-16-3-1-2-4-17(16)25-18/h1-8,18,21H,9-13H2. The van der Waals surface area contributed by atoms with E-state index in [1.54, 1.807) is 12.1 Å². The molecule has 1 saturated heterocycles. The predicted molar refractivity (Wildman–Crippen MR) is 94.5 cm³/mol. The molecule has 1 atom stereocenters. The Balaban J connectivity index is 1.36. The summed E-state index contributed by atoms with van der Waals surface area (Å²) in [5.74, 6) is 0.498. The van der Waals surface area contributed by atoms with Gasteiger partial charge in [-0.25, -0.2) is 4.39 Å². The van der Waals surface area contributed by atoms with Gasteiger partial charge in [-0.15, -0.1) is 0 Å². The lowest BCUT2D eigenvalue weighted by atomic mass is 10.2. The summed E-state index contributed by atoms with van der Waals surface area (Å²) < 4.78 is 18.9. The molecular formula is C19H20FN3O2. The predicted octanol–water partition coefficient (Wildman–Crippen LogP) is 2.35. The monoisotopic (exact) mass is 341 g/mol. The fourth-order valence-electron chi connectivity index (χ4n) is 3.29. The number of nitrogens with one attached hydrogen (secondary N) is 1. The lowest BCUT2D eigenvalue weighted by Gasteiger charge is -2.38. The Morgan fingerprint density at radius 3 is 2.52 bits per heavy atom. The topological polar surface area (TPSA) is 44.8 Å². The van der Waals surface area contributed by atoms with E-state index in [1.807, 2.05) is 29.2 Å². The van der Waals surface area contributed by atoms with Crippen LogP contribution in [0.4, 0.5) is 15.8 Å². The van der Waals surface area contributed by atoms with Crippen molar-refractivity contribution in [3.63, 3.8) is 0 Å². The summed E-state index contributed by atoms with van der Waals surface area (Å²) in [5.41, 5.74) is 1.91. The molecular weight excluding hydrogens is 321 g/mol. The number of para-hydroxylation sites is 2. The lowest BCUT2D eigenvalue weighted by Crippen LogP contribution is -2.54. The first kappa shape index (κ1) is 15.7. The molecule has 0 saturated carbocycles. The fourth-order valence-corrected chi connectivity index (χ4v) is 3.29. The van der Waals surface area contributed by atoms with E-state index in [4.69, 9.17) is 4.74 Å². The summed E-state index contributed by atoms with van der Waals surface area (Å²) in [6.07, 6.45) is -0.493. The number of ether oxygens (including phenoxy) is 1. The van der Waals surface area contributed by atoms with Crippen molar-refractivity contribution in [3.05, 3.63) is 54.3 Å². The molecule has 1 fully saturated rings. The highest BCUT2D eigenvalue weighted by Crippen LogP contribution is 2.29. The summed E-state index contributed by atoms with van der Waals surface area (Å²) in [6.45, 7) is 3.21. The van der Waals surface area contributed by atoms with Crippen molar-refractivity contribution in [3.8, 4) is 5.75 Å². The van der Waals surface area contributed by atoms with Crippen molar-refractivity contribution in [1.29, 1.82) is 0 Å². The van der Waals surface area contributed by atoms with Gasteiger partial charge in [-0.3, -0.25) is 4.79 Å². The molecule has 5 nitrogen and oxygen atoms in total. The Morgan fingerprint density at radius 2 is 1.76 bits per heavy atom. The third-order valence-electron chi connectivity index (χ3n) is 4.69. The molecule has 4 rings (SSSR count). The third kappa shape index (κ3) is 3.24. The Labute approximate surface area is 146 Å². The van der Waals surface area contributed by atoms with E-state index in [2.05, 4.69) is 10.2 Å². The number of hydrogen-bond donors (Lipinski definition) is 1. The van der Waals surface area contributed by atoms with Crippen LogP contribution in [-0.4, -0.2) is 49.6 Å². The van der Waals surface area contributed by atoms with Crippen LogP contribution in [0, 0.1) is 5.82 Å². The van der Waals surface area contributed by atoms with Crippen molar-refractivity contribution in [2.24, 2.45) is 0 Å². The van der Waals surface area contributed by atoms with Gasteiger partial charge in [-0.1, -0.05) is 12.1 Å². The first-order valence-corrected chi connectivity index (χ1v) is 8.49. The van der Waals surface area contributed by atoms with E-state index < -0.39 is 6.10 Å². The quantitative estimate of drug-likeness (QED) is 0.911. The number of anilines is 2. The van der Waals surface area contributed by atoms with E-state index in [-0.39, 0.29) is 11.7 Å². The minimum absolute atomic E-state index is 0.0146. The van der Waals surface area contributed by atoms with Gasteiger partial charge in [0.2, 0.25) is 0 Å². The van der Waals surface area contributed by atoms with Gasteiger partial charge in [0.05, 0.1) is 12.2 Å². The maximum atomic E-state index is 13.0. The van der Waals surface area contributed by atoms with Crippen molar-refractivity contribution >= 4 is 17.3 Å². The summed E-state index contributed by atoms with van der Waals surface area (Å²) >= 11 is 0. The zero-order valence-corrected chi connectivity index (χ0v) is 13.8. The minimum Gasteiger partial charge on any atom is -0.477 e. The Kier molecular flexibility index (Phi) is 4.17. The van der Waals surface area contributed by atoms with E-state index in [0.29, 0.717) is 19.6 Å². The van der Waals surface area contributed by atoms with Crippen LogP contribution in [0.2, 0.25) is 0 Å². The van der Waals surface area contributed by atoms with Crippen LogP contribution in [0.1, 0.15) is 0 Å². The number of nitrogens with zero attached hydrogens (tertiary/aromatic N) is 2. The highest BCUT2D eigenvalue weighted by atomic mass is 19.1. The average Bonchev–Trinajstić information content (AvgIpc) is 2.68. The average molecular weight is 341 g/mol. The molecule has 2 aromatic rings. The molecule has 2 aliphatic heterocycles. The van der Waals surface area contributed by atoms with Gasteiger partial charge in [0, 0.05) is 31.9 Å². The lowest BCUT2D eigenvalue weighted by molar-refractivity contribution is -0.138. The van der Waals surface area contributed by atoms with Crippen LogP contribution in [0.5, 0.6) is 5.75 Å². The number of amides is 1. The molecule has 0 aromatic heterocycles. The van der Waals surface area contributed by atoms with Crippen LogP contribution in [0.15, 0.2) is 48.5 Å². The maximum Gasteiger partial charge on any atom is 0.265 e. The number of benzene rings is 2. The SMILES string of the molecule is O=C(C1CNc2ccccc2O1)N1CCN(c2ccc(F)cc2)CC1. The maximum absolute atomic E-state index is 13.0. The molecule has 0 spiro atoms. The van der Waals surface area contributed by atoms with Crippen molar-refractivity contribution in [1.82, 2.24) is 4.90 Å². The number of fused-ring (bicyclic) bond motifs is 1. The molecule has 1 amide bonds. The summed E-state index contributed by atoms with van der Waals surface area (Å²) in [5, 5.41) is 3.25.